The predicted octanol–water partition coefficient (Wildman–Crippen LogP) is 2.25. The lowest BCUT2D eigenvalue weighted by Crippen LogP contribution is -2.03. The van der Waals surface area contributed by atoms with Crippen LogP contribution in [0.1, 0.15) is 22.3 Å². The van der Waals surface area contributed by atoms with Gasteiger partial charge in [-0.3, -0.25) is 0 Å². The molecule has 0 spiro atoms. The Kier molecular flexibility index (Phi) is 2.54. The molecule has 0 saturated heterocycles. The van der Waals surface area contributed by atoms with E-state index >= 15 is 0 Å². The van der Waals surface area contributed by atoms with Crippen LogP contribution in [-0.2, 0) is 6.54 Å². The highest BCUT2D eigenvalue weighted by atomic mass is 15.3. The summed E-state index contributed by atoms with van der Waals surface area (Å²) in [5.74, 6) is 0. The maximum atomic E-state index is 4.11. The van der Waals surface area contributed by atoms with Crippen molar-refractivity contribution in [3.05, 3.63) is 47.0 Å². The molecule has 2 rings (SSSR count). The Morgan fingerprint density at radius 3 is 2.60 bits per heavy atom. The van der Waals surface area contributed by atoms with Gasteiger partial charge in [0.15, 0.2) is 0 Å². The summed E-state index contributed by atoms with van der Waals surface area (Å²) in [6.07, 6.45) is 3.31. The second-order valence-corrected chi connectivity index (χ2v) is 3.88. The Hall–Kier alpha value is -1.64. The second-order valence-electron chi connectivity index (χ2n) is 3.88. The molecule has 0 unspecified atom stereocenters. The molecule has 1 aromatic heterocycles. The first-order valence-electron chi connectivity index (χ1n) is 5.06. The normalized spacial score (nSPS) is 10.6. The van der Waals surface area contributed by atoms with Crippen molar-refractivity contribution in [2.75, 3.05) is 0 Å². The van der Waals surface area contributed by atoms with Crippen molar-refractivity contribution >= 4 is 0 Å². The Morgan fingerprint density at radius 2 is 1.93 bits per heavy atom. The van der Waals surface area contributed by atoms with Crippen molar-refractivity contribution in [3.63, 3.8) is 0 Å². The maximum Gasteiger partial charge on any atom is 0.137 e. The largest absolute Gasteiger partial charge is 0.249 e. The van der Waals surface area contributed by atoms with Crippen molar-refractivity contribution in [2.45, 2.75) is 27.3 Å². The van der Waals surface area contributed by atoms with E-state index in [9.17, 15) is 0 Å². The minimum atomic E-state index is 0.799. The van der Waals surface area contributed by atoms with E-state index in [2.05, 4.69) is 43.0 Å². The number of hydrogen-bond donors (Lipinski definition) is 0. The van der Waals surface area contributed by atoms with Crippen LogP contribution in [0.25, 0.3) is 0 Å². The van der Waals surface area contributed by atoms with E-state index in [4.69, 9.17) is 0 Å². The smallest absolute Gasteiger partial charge is 0.137 e. The third kappa shape index (κ3) is 1.91. The average molecular weight is 201 g/mol. The molecule has 3 heteroatoms. The summed E-state index contributed by atoms with van der Waals surface area (Å²) < 4.78 is 1.84. The molecular weight excluding hydrogens is 186 g/mol. The molecule has 0 radical (unpaired) electrons. The molecular formula is C12H15N3. The molecule has 0 atom stereocenters. The van der Waals surface area contributed by atoms with Crippen molar-refractivity contribution < 1.29 is 0 Å². The van der Waals surface area contributed by atoms with E-state index in [0.29, 0.717) is 0 Å². The third-order valence-corrected chi connectivity index (χ3v) is 2.97. The molecule has 1 aromatic carbocycles. The van der Waals surface area contributed by atoms with Gasteiger partial charge in [-0.1, -0.05) is 12.1 Å². The Morgan fingerprint density at radius 1 is 1.13 bits per heavy atom. The maximum absolute atomic E-state index is 4.11. The molecule has 0 bridgehead atoms. The number of hydrogen-bond acceptors (Lipinski definition) is 2. The van der Waals surface area contributed by atoms with E-state index in [1.54, 1.807) is 12.7 Å². The van der Waals surface area contributed by atoms with Gasteiger partial charge in [0.25, 0.3) is 0 Å². The molecule has 0 aliphatic heterocycles. The summed E-state index contributed by atoms with van der Waals surface area (Å²) >= 11 is 0. The van der Waals surface area contributed by atoms with Gasteiger partial charge in [0.2, 0.25) is 0 Å². The highest BCUT2D eigenvalue weighted by Crippen LogP contribution is 2.17. The number of aromatic nitrogens is 3. The molecule has 15 heavy (non-hydrogen) atoms. The number of aryl methyl sites for hydroxylation is 1. The molecule has 0 fully saturated rings. The Balaban J connectivity index is 2.34. The fraction of sp³-hybridized carbons (Fsp3) is 0.333. The van der Waals surface area contributed by atoms with E-state index in [1.807, 2.05) is 4.68 Å². The van der Waals surface area contributed by atoms with Gasteiger partial charge < -0.3 is 0 Å². The Bertz CT molecular complexity index is 458. The third-order valence-electron chi connectivity index (χ3n) is 2.97. The second kappa shape index (κ2) is 3.85. The zero-order valence-corrected chi connectivity index (χ0v) is 9.36. The van der Waals surface area contributed by atoms with Crippen LogP contribution >= 0.6 is 0 Å². The van der Waals surface area contributed by atoms with Crippen molar-refractivity contribution in [3.8, 4) is 0 Å². The molecule has 1 heterocycles. The van der Waals surface area contributed by atoms with Gasteiger partial charge in [-0.25, -0.2) is 9.67 Å². The van der Waals surface area contributed by atoms with Crippen LogP contribution in [0.3, 0.4) is 0 Å². The quantitative estimate of drug-likeness (QED) is 0.746. The van der Waals surface area contributed by atoms with E-state index in [1.165, 1.54) is 22.3 Å². The van der Waals surface area contributed by atoms with Crippen LogP contribution in [0.15, 0.2) is 24.8 Å². The first-order chi connectivity index (χ1) is 7.18. The molecule has 0 amide bonds. The van der Waals surface area contributed by atoms with Gasteiger partial charge in [-0.2, -0.15) is 5.10 Å². The standard InChI is InChI=1S/C12H15N3/c1-9-4-5-12(11(3)10(9)2)6-15-8-13-7-14-15/h4-5,7-8H,6H2,1-3H3. The summed E-state index contributed by atoms with van der Waals surface area (Å²) in [6, 6.07) is 4.33. The van der Waals surface area contributed by atoms with Crippen LogP contribution in [-0.4, -0.2) is 14.8 Å². The predicted molar refractivity (Wildman–Crippen MR) is 59.8 cm³/mol. The molecule has 78 valence electrons. The summed E-state index contributed by atoms with van der Waals surface area (Å²) in [4.78, 5) is 3.94. The highest BCUT2D eigenvalue weighted by Gasteiger charge is 2.04. The van der Waals surface area contributed by atoms with Crippen molar-refractivity contribution in [2.24, 2.45) is 0 Å². The monoisotopic (exact) mass is 201 g/mol. The molecule has 0 N–H and O–H groups in total. The molecule has 3 nitrogen and oxygen atoms in total. The summed E-state index contributed by atoms with van der Waals surface area (Å²) in [7, 11) is 0. The number of benzene rings is 1. The van der Waals surface area contributed by atoms with Gasteiger partial charge in [-0.05, 0) is 43.0 Å². The van der Waals surface area contributed by atoms with E-state index in [0.717, 1.165) is 6.54 Å². The van der Waals surface area contributed by atoms with Gasteiger partial charge in [0, 0.05) is 0 Å². The zero-order valence-electron chi connectivity index (χ0n) is 9.36. The SMILES string of the molecule is Cc1ccc(Cn2cncn2)c(C)c1C. The first-order valence-corrected chi connectivity index (χ1v) is 5.06. The van der Waals surface area contributed by atoms with Crippen molar-refractivity contribution in [1.82, 2.24) is 14.8 Å². The minimum Gasteiger partial charge on any atom is -0.249 e. The minimum absolute atomic E-state index is 0.799. The van der Waals surface area contributed by atoms with Crippen LogP contribution in [0.2, 0.25) is 0 Å². The fourth-order valence-corrected chi connectivity index (χ4v) is 1.67. The molecule has 2 aromatic rings. The summed E-state index contributed by atoms with van der Waals surface area (Å²) in [6.45, 7) is 7.26. The van der Waals surface area contributed by atoms with E-state index in [-0.39, 0.29) is 0 Å². The van der Waals surface area contributed by atoms with E-state index < -0.39 is 0 Å². The van der Waals surface area contributed by atoms with Gasteiger partial charge in [-0.15, -0.1) is 0 Å². The van der Waals surface area contributed by atoms with Crippen LogP contribution < -0.4 is 0 Å². The van der Waals surface area contributed by atoms with Crippen LogP contribution in [0.4, 0.5) is 0 Å². The lowest BCUT2D eigenvalue weighted by molar-refractivity contribution is 0.681. The van der Waals surface area contributed by atoms with Crippen LogP contribution in [0, 0.1) is 20.8 Å². The summed E-state index contributed by atoms with van der Waals surface area (Å²) in [5, 5.41) is 4.11. The lowest BCUT2D eigenvalue weighted by atomic mass is 9.99. The highest BCUT2D eigenvalue weighted by molar-refractivity contribution is 5.38. The van der Waals surface area contributed by atoms with Crippen molar-refractivity contribution in [1.29, 1.82) is 0 Å². The fourth-order valence-electron chi connectivity index (χ4n) is 1.67. The number of nitrogens with zero attached hydrogens (tertiary/aromatic N) is 3. The summed E-state index contributed by atoms with van der Waals surface area (Å²) in [5.41, 5.74) is 5.37. The average Bonchev–Trinajstić information content (AvgIpc) is 2.72. The molecule has 0 aliphatic rings. The van der Waals surface area contributed by atoms with Gasteiger partial charge in [0.05, 0.1) is 6.54 Å². The lowest BCUT2D eigenvalue weighted by Gasteiger charge is -2.10. The first kappa shape index (κ1) is 9.90. The Labute approximate surface area is 89.8 Å². The van der Waals surface area contributed by atoms with Gasteiger partial charge >= 0.3 is 0 Å². The van der Waals surface area contributed by atoms with Crippen LogP contribution in [0.5, 0.6) is 0 Å². The molecule has 0 saturated carbocycles. The van der Waals surface area contributed by atoms with Gasteiger partial charge in [0.1, 0.15) is 12.7 Å². The number of rotatable bonds is 2. The zero-order chi connectivity index (χ0) is 10.8. The topological polar surface area (TPSA) is 30.7 Å². The molecule has 0 aliphatic carbocycles.